The summed E-state index contributed by atoms with van der Waals surface area (Å²) in [6.45, 7) is 13.2. The molecule has 0 aliphatic carbocycles. The fourth-order valence-corrected chi connectivity index (χ4v) is 1.78. The number of halogens is 1. The summed E-state index contributed by atoms with van der Waals surface area (Å²) in [5.41, 5.74) is 0.423. The van der Waals surface area contributed by atoms with Crippen LogP contribution in [0.15, 0.2) is 0 Å². The first-order chi connectivity index (χ1) is 6.31. The van der Waals surface area contributed by atoms with Crippen molar-refractivity contribution in [2.45, 2.75) is 52.8 Å². The van der Waals surface area contributed by atoms with Crippen molar-refractivity contribution in [3.8, 4) is 0 Å². The second kappa shape index (κ2) is 6.68. The maximum atomic E-state index is 6.16. The Morgan fingerprint density at radius 1 is 1.21 bits per heavy atom. The van der Waals surface area contributed by atoms with Crippen molar-refractivity contribution < 1.29 is 0 Å². The first kappa shape index (κ1) is 14.2. The highest BCUT2D eigenvalue weighted by atomic mass is 35.5. The average Bonchev–Trinajstić information content (AvgIpc) is 1.95. The molecule has 14 heavy (non-hydrogen) atoms. The predicted molar refractivity (Wildman–Crippen MR) is 66.0 cm³/mol. The highest BCUT2D eigenvalue weighted by molar-refractivity contribution is 6.20. The Morgan fingerprint density at radius 2 is 1.79 bits per heavy atom. The van der Waals surface area contributed by atoms with Crippen molar-refractivity contribution in [1.29, 1.82) is 0 Å². The van der Waals surface area contributed by atoms with Gasteiger partial charge in [-0.2, -0.15) is 0 Å². The molecule has 0 aromatic heterocycles. The van der Waals surface area contributed by atoms with Crippen LogP contribution in [-0.2, 0) is 0 Å². The first-order valence-electron chi connectivity index (χ1n) is 5.66. The Labute approximate surface area is 94.6 Å². The van der Waals surface area contributed by atoms with E-state index in [0.717, 1.165) is 19.5 Å². The third-order valence-electron chi connectivity index (χ3n) is 2.14. The van der Waals surface area contributed by atoms with Crippen molar-refractivity contribution in [2.24, 2.45) is 11.3 Å². The van der Waals surface area contributed by atoms with E-state index in [4.69, 9.17) is 11.6 Å². The van der Waals surface area contributed by atoms with Crippen molar-refractivity contribution >= 4 is 11.6 Å². The van der Waals surface area contributed by atoms with Crippen LogP contribution in [0.4, 0.5) is 0 Å². The molecule has 0 saturated carbocycles. The molecule has 0 aromatic carbocycles. The van der Waals surface area contributed by atoms with Gasteiger partial charge in [0.2, 0.25) is 0 Å². The van der Waals surface area contributed by atoms with E-state index in [0.29, 0.717) is 11.3 Å². The molecule has 0 radical (unpaired) electrons. The zero-order valence-corrected chi connectivity index (χ0v) is 11.1. The summed E-state index contributed by atoms with van der Waals surface area (Å²) in [4.78, 5) is 0. The maximum Gasteiger partial charge on any atom is 0.0463 e. The molecule has 0 rings (SSSR count). The molecule has 0 aliphatic heterocycles. The van der Waals surface area contributed by atoms with E-state index < -0.39 is 0 Å². The van der Waals surface area contributed by atoms with Gasteiger partial charge in [-0.1, -0.05) is 34.6 Å². The van der Waals surface area contributed by atoms with E-state index in [1.807, 2.05) is 0 Å². The van der Waals surface area contributed by atoms with Crippen LogP contribution in [0, 0.1) is 11.3 Å². The van der Waals surface area contributed by atoms with Gasteiger partial charge < -0.3 is 5.32 Å². The molecule has 0 fully saturated rings. The first-order valence-corrected chi connectivity index (χ1v) is 6.09. The van der Waals surface area contributed by atoms with Crippen LogP contribution in [0.25, 0.3) is 0 Å². The number of hydrogen-bond acceptors (Lipinski definition) is 1. The fourth-order valence-electron chi connectivity index (χ4n) is 1.32. The third kappa shape index (κ3) is 10.3. The molecule has 1 unspecified atom stereocenters. The van der Waals surface area contributed by atoms with E-state index in [9.17, 15) is 0 Å². The number of alkyl halides is 1. The normalized spacial score (nSPS) is 14.8. The summed E-state index contributed by atoms with van der Waals surface area (Å²) in [5.74, 6) is 0.696. The summed E-state index contributed by atoms with van der Waals surface area (Å²) in [5, 5.41) is 3.70. The van der Waals surface area contributed by atoms with E-state index in [1.165, 1.54) is 6.42 Å². The molecule has 1 nitrogen and oxygen atoms in total. The molecule has 0 heterocycles. The monoisotopic (exact) mass is 219 g/mol. The van der Waals surface area contributed by atoms with Gasteiger partial charge in [0.15, 0.2) is 0 Å². The minimum Gasteiger partial charge on any atom is -0.315 e. The minimum absolute atomic E-state index is 0.287. The largest absolute Gasteiger partial charge is 0.315 e. The quantitative estimate of drug-likeness (QED) is 0.531. The van der Waals surface area contributed by atoms with Crippen LogP contribution < -0.4 is 5.32 Å². The topological polar surface area (TPSA) is 12.0 Å². The molecule has 2 heteroatoms. The Hall–Kier alpha value is 0.250. The summed E-state index contributed by atoms with van der Waals surface area (Å²) >= 11 is 6.16. The van der Waals surface area contributed by atoms with Gasteiger partial charge >= 0.3 is 0 Å². The molecule has 0 saturated heterocycles. The molecule has 0 bridgehead atoms. The maximum absolute atomic E-state index is 6.16. The zero-order valence-electron chi connectivity index (χ0n) is 10.4. The second-order valence-corrected chi connectivity index (χ2v) is 6.36. The highest BCUT2D eigenvalue weighted by Crippen LogP contribution is 2.17. The lowest BCUT2D eigenvalue weighted by Crippen LogP contribution is -2.27. The minimum atomic E-state index is 0.287. The molecule has 1 atom stereocenters. The van der Waals surface area contributed by atoms with Crippen LogP contribution >= 0.6 is 11.6 Å². The molecule has 0 aliphatic rings. The molecule has 1 N–H and O–H groups in total. The van der Waals surface area contributed by atoms with Crippen molar-refractivity contribution in [2.75, 3.05) is 13.1 Å². The molecular weight excluding hydrogens is 194 g/mol. The molecule has 0 amide bonds. The number of rotatable bonds is 6. The van der Waals surface area contributed by atoms with Crippen molar-refractivity contribution in [1.82, 2.24) is 5.32 Å². The van der Waals surface area contributed by atoms with Crippen LogP contribution in [0.5, 0.6) is 0 Å². The van der Waals surface area contributed by atoms with Gasteiger partial charge in [-0.25, -0.2) is 0 Å². The van der Waals surface area contributed by atoms with Gasteiger partial charge in [0.1, 0.15) is 0 Å². The standard InChI is InChI=1S/C12H26ClN/c1-10(2)8-11(13)9-14-7-6-12(3,4)5/h10-11,14H,6-9H2,1-5H3. The average molecular weight is 220 g/mol. The molecular formula is C12H26ClN. The van der Waals surface area contributed by atoms with E-state index >= 15 is 0 Å². The summed E-state index contributed by atoms with van der Waals surface area (Å²) in [6, 6.07) is 0. The van der Waals surface area contributed by atoms with Gasteiger partial charge in [0.25, 0.3) is 0 Å². The molecule has 0 spiro atoms. The van der Waals surface area contributed by atoms with Gasteiger partial charge in [0.05, 0.1) is 0 Å². The van der Waals surface area contributed by atoms with Gasteiger partial charge in [-0.15, -0.1) is 11.6 Å². The summed E-state index contributed by atoms with van der Waals surface area (Å²) < 4.78 is 0. The summed E-state index contributed by atoms with van der Waals surface area (Å²) in [6.07, 6.45) is 2.31. The predicted octanol–water partition coefficient (Wildman–Crippen LogP) is 3.67. The lowest BCUT2D eigenvalue weighted by atomic mass is 9.92. The van der Waals surface area contributed by atoms with E-state index in [-0.39, 0.29) is 5.38 Å². The Kier molecular flexibility index (Phi) is 6.80. The van der Waals surface area contributed by atoms with Crippen LogP contribution in [0.1, 0.15) is 47.5 Å². The van der Waals surface area contributed by atoms with Crippen LogP contribution in [-0.4, -0.2) is 18.5 Å². The summed E-state index contributed by atoms with van der Waals surface area (Å²) in [7, 11) is 0. The second-order valence-electron chi connectivity index (χ2n) is 5.74. The number of nitrogens with one attached hydrogen (secondary N) is 1. The van der Waals surface area contributed by atoms with E-state index in [1.54, 1.807) is 0 Å². The Balaban J connectivity index is 3.36. The fraction of sp³-hybridized carbons (Fsp3) is 1.00. The van der Waals surface area contributed by atoms with E-state index in [2.05, 4.69) is 39.9 Å². The number of hydrogen-bond donors (Lipinski definition) is 1. The van der Waals surface area contributed by atoms with Gasteiger partial charge in [-0.05, 0) is 30.7 Å². The SMILES string of the molecule is CC(C)CC(Cl)CNCCC(C)(C)C. The molecule has 0 aromatic rings. The van der Waals surface area contributed by atoms with Gasteiger partial charge in [-0.3, -0.25) is 0 Å². The molecule has 86 valence electrons. The smallest absolute Gasteiger partial charge is 0.0463 e. The third-order valence-corrected chi connectivity index (χ3v) is 2.48. The van der Waals surface area contributed by atoms with Crippen LogP contribution in [0.2, 0.25) is 0 Å². The lowest BCUT2D eigenvalue weighted by molar-refractivity contribution is 0.365. The highest BCUT2D eigenvalue weighted by Gasteiger charge is 2.10. The van der Waals surface area contributed by atoms with Crippen molar-refractivity contribution in [3.63, 3.8) is 0 Å². The Morgan fingerprint density at radius 3 is 2.21 bits per heavy atom. The van der Waals surface area contributed by atoms with Crippen molar-refractivity contribution in [3.05, 3.63) is 0 Å². The van der Waals surface area contributed by atoms with Gasteiger partial charge in [0, 0.05) is 11.9 Å². The zero-order chi connectivity index (χ0) is 11.2. The Bertz CT molecular complexity index is 138. The lowest BCUT2D eigenvalue weighted by Gasteiger charge is -2.19. The van der Waals surface area contributed by atoms with Crippen LogP contribution in [0.3, 0.4) is 0 Å².